The first kappa shape index (κ1) is 9.24. The maximum Gasteiger partial charge on any atom is 0.328 e. The smallest absolute Gasteiger partial charge is 0.324 e. The van der Waals surface area contributed by atoms with E-state index < -0.39 is 13.3 Å². The normalized spacial score (nSPS) is 23.9. The minimum absolute atomic E-state index is 0.260. The van der Waals surface area contributed by atoms with Gasteiger partial charge in [-0.2, -0.15) is 0 Å². The Morgan fingerprint density at radius 2 is 1.82 bits per heavy atom. The van der Waals surface area contributed by atoms with E-state index in [1.54, 1.807) is 6.92 Å². The molecule has 0 amide bonds. The molecular formula is C7H15O3P. The van der Waals surface area contributed by atoms with Crippen LogP contribution in [0.2, 0.25) is 0 Å². The van der Waals surface area contributed by atoms with Crippen LogP contribution >= 0.6 is 7.60 Å². The van der Waals surface area contributed by atoms with Crippen LogP contribution in [0.15, 0.2) is 0 Å². The zero-order valence-electron chi connectivity index (χ0n) is 6.73. The summed E-state index contributed by atoms with van der Waals surface area (Å²) in [6, 6.07) is 0. The van der Waals surface area contributed by atoms with E-state index in [0.29, 0.717) is 0 Å². The molecule has 2 N–H and O–H groups in total. The second kappa shape index (κ2) is 3.26. The first-order valence-electron chi connectivity index (χ1n) is 4.07. The van der Waals surface area contributed by atoms with E-state index in [9.17, 15) is 4.57 Å². The van der Waals surface area contributed by atoms with Gasteiger partial charge in [0.25, 0.3) is 0 Å². The molecule has 0 heterocycles. The summed E-state index contributed by atoms with van der Waals surface area (Å²) in [5.74, 6) is 0.260. The summed E-state index contributed by atoms with van der Waals surface area (Å²) in [4.78, 5) is 17.7. The summed E-state index contributed by atoms with van der Waals surface area (Å²) >= 11 is 0. The number of hydrogen-bond acceptors (Lipinski definition) is 1. The van der Waals surface area contributed by atoms with Gasteiger partial charge < -0.3 is 9.79 Å². The maximum absolute atomic E-state index is 10.8. The average Bonchev–Trinajstić information content (AvgIpc) is 2.34. The van der Waals surface area contributed by atoms with Gasteiger partial charge >= 0.3 is 7.60 Å². The molecular weight excluding hydrogens is 163 g/mol. The highest BCUT2D eigenvalue weighted by molar-refractivity contribution is 7.52. The van der Waals surface area contributed by atoms with E-state index in [4.69, 9.17) is 9.79 Å². The zero-order chi connectivity index (χ0) is 8.48. The first-order chi connectivity index (χ1) is 5.02. The fourth-order valence-corrected chi connectivity index (χ4v) is 2.56. The molecule has 4 heteroatoms. The molecule has 1 aliphatic carbocycles. The van der Waals surface area contributed by atoms with Crippen molar-refractivity contribution >= 4 is 7.60 Å². The van der Waals surface area contributed by atoms with Crippen molar-refractivity contribution in [3.8, 4) is 0 Å². The van der Waals surface area contributed by atoms with Crippen molar-refractivity contribution in [1.29, 1.82) is 0 Å². The lowest BCUT2D eigenvalue weighted by molar-refractivity contribution is 0.338. The predicted octanol–water partition coefficient (Wildman–Crippen LogP) is 1.74. The van der Waals surface area contributed by atoms with E-state index in [1.807, 2.05) is 0 Å². The van der Waals surface area contributed by atoms with Crippen LogP contribution in [0.4, 0.5) is 0 Å². The van der Waals surface area contributed by atoms with Gasteiger partial charge in [-0.3, -0.25) is 4.57 Å². The number of rotatable bonds is 2. The highest BCUT2D eigenvalue weighted by Crippen LogP contribution is 2.48. The van der Waals surface area contributed by atoms with Gasteiger partial charge in [-0.25, -0.2) is 0 Å². The summed E-state index contributed by atoms with van der Waals surface area (Å²) in [5, 5.41) is 0. The summed E-state index contributed by atoms with van der Waals surface area (Å²) in [5.41, 5.74) is -0.426. The Morgan fingerprint density at radius 1 is 1.36 bits per heavy atom. The SMILES string of the molecule is CC(C1CCCC1)P(=O)(O)O. The third-order valence-electron chi connectivity index (χ3n) is 2.61. The van der Waals surface area contributed by atoms with Gasteiger partial charge in [-0.05, 0) is 18.8 Å². The monoisotopic (exact) mass is 178 g/mol. The lowest BCUT2D eigenvalue weighted by Crippen LogP contribution is -2.13. The van der Waals surface area contributed by atoms with E-state index in [0.717, 1.165) is 25.7 Å². The van der Waals surface area contributed by atoms with Crippen LogP contribution in [0, 0.1) is 5.92 Å². The Labute approximate surface area is 67.0 Å². The Balaban J connectivity index is 2.53. The lowest BCUT2D eigenvalue weighted by Gasteiger charge is -2.19. The molecule has 0 spiro atoms. The highest BCUT2D eigenvalue weighted by Gasteiger charge is 2.33. The summed E-state index contributed by atoms with van der Waals surface area (Å²) in [6.45, 7) is 1.66. The molecule has 0 radical (unpaired) electrons. The fourth-order valence-electron chi connectivity index (χ4n) is 1.71. The Bertz CT molecular complexity index is 169. The molecule has 1 unspecified atom stereocenters. The Kier molecular flexibility index (Phi) is 2.74. The molecule has 3 nitrogen and oxygen atoms in total. The second-order valence-corrected chi connectivity index (χ2v) is 5.37. The van der Waals surface area contributed by atoms with E-state index in [-0.39, 0.29) is 5.92 Å². The fraction of sp³-hybridized carbons (Fsp3) is 1.00. The van der Waals surface area contributed by atoms with Crippen molar-refractivity contribution in [3.63, 3.8) is 0 Å². The van der Waals surface area contributed by atoms with E-state index >= 15 is 0 Å². The largest absolute Gasteiger partial charge is 0.328 e. The predicted molar refractivity (Wildman–Crippen MR) is 43.5 cm³/mol. The average molecular weight is 178 g/mol. The van der Waals surface area contributed by atoms with Gasteiger partial charge in [-0.15, -0.1) is 0 Å². The minimum atomic E-state index is -3.81. The van der Waals surface area contributed by atoms with Crippen LogP contribution in [0.3, 0.4) is 0 Å². The Hall–Kier alpha value is 0.150. The van der Waals surface area contributed by atoms with Gasteiger partial charge in [-0.1, -0.05) is 19.8 Å². The van der Waals surface area contributed by atoms with Crippen molar-refractivity contribution in [2.75, 3.05) is 0 Å². The van der Waals surface area contributed by atoms with Crippen LogP contribution < -0.4 is 0 Å². The van der Waals surface area contributed by atoms with Crippen molar-refractivity contribution in [2.45, 2.75) is 38.3 Å². The molecule has 1 aliphatic rings. The molecule has 0 aromatic heterocycles. The summed E-state index contributed by atoms with van der Waals surface area (Å²) in [7, 11) is -3.81. The Morgan fingerprint density at radius 3 is 2.18 bits per heavy atom. The zero-order valence-corrected chi connectivity index (χ0v) is 7.63. The van der Waals surface area contributed by atoms with E-state index in [2.05, 4.69) is 0 Å². The van der Waals surface area contributed by atoms with Crippen molar-refractivity contribution in [3.05, 3.63) is 0 Å². The van der Waals surface area contributed by atoms with Crippen molar-refractivity contribution < 1.29 is 14.4 Å². The molecule has 1 saturated carbocycles. The maximum atomic E-state index is 10.8. The summed E-state index contributed by atoms with van der Waals surface area (Å²) in [6.07, 6.45) is 4.25. The third kappa shape index (κ3) is 2.29. The molecule has 0 aliphatic heterocycles. The third-order valence-corrected chi connectivity index (χ3v) is 4.10. The van der Waals surface area contributed by atoms with Crippen LogP contribution in [-0.4, -0.2) is 15.4 Å². The molecule has 0 bridgehead atoms. The molecule has 0 aromatic rings. The molecule has 0 aromatic carbocycles. The first-order valence-corrected chi connectivity index (χ1v) is 5.75. The van der Waals surface area contributed by atoms with Crippen molar-refractivity contribution in [2.24, 2.45) is 5.92 Å². The minimum Gasteiger partial charge on any atom is -0.324 e. The molecule has 11 heavy (non-hydrogen) atoms. The van der Waals surface area contributed by atoms with Gasteiger partial charge in [0.15, 0.2) is 0 Å². The number of hydrogen-bond donors (Lipinski definition) is 2. The standard InChI is InChI=1S/C7H15O3P/c1-6(11(8,9)10)7-4-2-3-5-7/h6-7H,2-5H2,1H3,(H2,8,9,10). The molecule has 1 rings (SSSR count). The second-order valence-electron chi connectivity index (χ2n) is 3.37. The van der Waals surface area contributed by atoms with Gasteiger partial charge in [0, 0.05) is 0 Å². The lowest BCUT2D eigenvalue weighted by atomic mass is 10.1. The van der Waals surface area contributed by atoms with Crippen LogP contribution in [0.1, 0.15) is 32.6 Å². The molecule has 66 valence electrons. The van der Waals surface area contributed by atoms with Crippen LogP contribution in [0.5, 0.6) is 0 Å². The van der Waals surface area contributed by atoms with Crippen LogP contribution in [0.25, 0.3) is 0 Å². The van der Waals surface area contributed by atoms with E-state index in [1.165, 1.54) is 0 Å². The molecule has 0 saturated heterocycles. The highest BCUT2D eigenvalue weighted by atomic mass is 31.2. The topological polar surface area (TPSA) is 57.5 Å². The van der Waals surface area contributed by atoms with Gasteiger partial charge in [0.1, 0.15) is 0 Å². The van der Waals surface area contributed by atoms with Gasteiger partial charge in [0.2, 0.25) is 0 Å². The molecule has 1 atom stereocenters. The quantitative estimate of drug-likeness (QED) is 0.633. The molecule has 1 fully saturated rings. The van der Waals surface area contributed by atoms with Crippen molar-refractivity contribution in [1.82, 2.24) is 0 Å². The van der Waals surface area contributed by atoms with Gasteiger partial charge in [0.05, 0.1) is 5.66 Å². The summed E-state index contributed by atoms with van der Waals surface area (Å²) < 4.78 is 10.8. The van der Waals surface area contributed by atoms with Crippen LogP contribution in [-0.2, 0) is 4.57 Å².